The van der Waals surface area contributed by atoms with Crippen molar-refractivity contribution < 1.29 is 19.4 Å². The van der Waals surface area contributed by atoms with Crippen LogP contribution in [0.25, 0.3) is 10.8 Å². The van der Waals surface area contributed by atoms with E-state index in [-0.39, 0.29) is 6.42 Å². The van der Waals surface area contributed by atoms with Crippen LogP contribution in [-0.2, 0) is 16.0 Å². The zero-order valence-corrected chi connectivity index (χ0v) is 14.0. The zero-order chi connectivity index (χ0) is 17.7. The maximum absolute atomic E-state index is 11.6. The first-order valence-electron chi connectivity index (χ1n) is 7.69. The molecule has 0 aliphatic rings. The number of hydrogen-bond donors (Lipinski definition) is 3. The van der Waals surface area contributed by atoms with Crippen LogP contribution in [0.1, 0.15) is 26.3 Å². The number of amides is 1. The third kappa shape index (κ3) is 5.24. The second-order valence-corrected chi connectivity index (χ2v) is 6.55. The summed E-state index contributed by atoms with van der Waals surface area (Å²) in [6.45, 7) is 5.20. The molecular formula is C18H22N2O4. The summed E-state index contributed by atoms with van der Waals surface area (Å²) in [6.07, 6.45) is -0.483. The summed E-state index contributed by atoms with van der Waals surface area (Å²) in [5, 5.41) is 11.5. The number of rotatable bonds is 5. The fourth-order valence-electron chi connectivity index (χ4n) is 2.25. The molecule has 2 aromatic rings. The molecule has 128 valence electrons. The Morgan fingerprint density at radius 1 is 1.12 bits per heavy atom. The molecule has 3 N–H and O–H groups in total. The van der Waals surface area contributed by atoms with E-state index in [0.717, 1.165) is 16.3 Å². The maximum atomic E-state index is 11.6. The predicted molar refractivity (Wildman–Crippen MR) is 91.6 cm³/mol. The van der Waals surface area contributed by atoms with Gasteiger partial charge in [-0.05, 0) is 37.1 Å². The minimum atomic E-state index is -1.06. The quantitative estimate of drug-likeness (QED) is 0.734. The summed E-state index contributed by atoms with van der Waals surface area (Å²) in [5.74, 6) is -1.06. The predicted octanol–water partition coefficient (Wildman–Crippen LogP) is 2.86. The number of aliphatic carboxylic acids is 1. The molecule has 0 aliphatic heterocycles. The molecule has 24 heavy (non-hydrogen) atoms. The monoisotopic (exact) mass is 330 g/mol. The number of hydrogen-bond acceptors (Lipinski definition) is 4. The summed E-state index contributed by atoms with van der Waals surface area (Å²) >= 11 is 0. The molecule has 0 heterocycles. The highest BCUT2D eigenvalue weighted by Crippen LogP contribution is 2.16. The first-order valence-corrected chi connectivity index (χ1v) is 7.69. The molecule has 6 nitrogen and oxygen atoms in total. The first kappa shape index (κ1) is 17.7. The molecule has 0 bridgehead atoms. The molecule has 1 atom stereocenters. The van der Waals surface area contributed by atoms with Crippen molar-refractivity contribution >= 4 is 22.8 Å². The van der Waals surface area contributed by atoms with E-state index in [0.29, 0.717) is 0 Å². The molecule has 0 fully saturated rings. The normalized spacial score (nSPS) is 12.6. The van der Waals surface area contributed by atoms with Crippen LogP contribution in [-0.4, -0.2) is 28.8 Å². The third-order valence-corrected chi connectivity index (χ3v) is 3.30. The molecule has 0 aromatic heterocycles. The number of carbonyl (C=O) groups excluding carboxylic acids is 1. The molecule has 0 unspecified atom stereocenters. The van der Waals surface area contributed by atoms with E-state index in [4.69, 9.17) is 4.74 Å². The molecule has 1 amide bonds. The van der Waals surface area contributed by atoms with Gasteiger partial charge in [0.05, 0.1) is 0 Å². The number of carbonyl (C=O) groups is 2. The molecule has 0 saturated carbocycles. The van der Waals surface area contributed by atoms with Gasteiger partial charge in [0, 0.05) is 6.42 Å². The fraction of sp³-hybridized carbons (Fsp3) is 0.333. The van der Waals surface area contributed by atoms with Crippen LogP contribution in [0.4, 0.5) is 4.79 Å². The highest BCUT2D eigenvalue weighted by atomic mass is 16.6. The second-order valence-electron chi connectivity index (χ2n) is 6.55. The molecular weight excluding hydrogens is 308 g/mol. The van der Waals surface area contributed by atoms with E-state index in [1.165, 1.54) is 0 Å². The van der Waals surface area contributed by atoms with Crippen LogP contribution in [0, 0.1) is 0 Å². The standard InChI is InChI=1S/C18H22N2O4/c1-18(2,3)24-17(23)20-19-15(16(21)22)11-12-8-9-13-6-4-5-7-14(13)10-12/h4-10,15,19H,11H2,1-3H3,(H,20,23)(H,21,22)/t15-/m0/s1. The molecule has 2 rings (SSSR count). The summed E-state index contributed by atoms with van der Waals surface area (Å²) in [4.78, 5) is 23.0. The van der Waals surface area contributed by atoms with Crippen LogP contribution in [0.2, 0.25) is 0 Å². The average Bonchev–Trinajstić information content (AvgIpc) is 2.49. The lowest BCUT2D eigenvalue weighted by atomic mass is 10.0. The Bertz CT molecular complexity index is 737. The fourth-order valence-corrected chi connectivity index (χ4v) is 2.25. The van der Waals surface area contributed by atoms with Gasteiger partial charge in [-0.25, -0.2) is 10.2 Å². The van der Waals surface area contributed by atoms with Gasteiger partial charge in [-0.15, -0.1) is 0 Å². The molecule has 6 heteroatoms. The van der Waals surface area contributed by atoms with Gasteiger partial charge in [-0.3, -0.25) is 10.2 Å². The van der Waals surface area contributed by atoms with Crippen LogP contribution in [0.3, 0.4) is 0 Å². The van der Waals surface area contributed by atoms with Gasteiger partial charge in [0.15, 0.2) is 0 Å². The topological polar surface area (TPSA) is 87.7 Å². The number of carboxylic acids is 1. The van der Waals surface area contributed by atoms with Crippen LogP contribution in [0.5, 0.6) is 0 Å². The Morgan fingerprint density at radius 2 is 1.79 bits per heavy atom. The summed E-state index contributed by atoms with van der Waals surface area (Å²) < 4.78 is 5.07. The van der Waals surface area contributed by atoms with Crippen molar-refractivity contribution in [2.45, 2.75) is 38.8 Å². The Labute approximate surface area is 140 Å². The Balaban J connectivity index is 2.02. The number of hydrazine groups is 1. The van der Waals surface area contributed by atoms with Gasteiger partial charge in [0.25, 0.3) is 0 Å². The number of nitrogens with one attached hydrogen (secondary N) is 2. The van der Waals surface area contributed by atoms with E-state index in [1.54, 1.807) is 20.8 Å². The molecule has 0 spiro atoms. The van der Waals surface area contributed by atoms with E-state index in [9.17, 15) is 14.7 Å². The molecule has 0 radical (unpaired) electrons. The van der Waals surface area contributed by atoms with E-state index < -0.39 is 23.7 Å². The Kier molecular flexibility index (Phi) is 5.41. The second kappa shape index (κ2) is 7.31. The smallest absolute Gasteiger partial charge is 0.422 e. The van der Waals surface area contributed by atoms with E-state index in [2.05, 4.69) is 10.9 Å². The minimum absolute atomic E-state index is 0.232. The van der Waals surface area contributed by atoms with Crippen molar-refractivity contribution in [3.63, 3.8) is 0 Å². The van der Waals surface area contributed by atoms with Crippen LogP contribution in [0.15, 0.2) is 42.5 Å². The zero-order valence-electron chi connectivity index (χ0n) is 14.0. The summed E-state index contributed by atoms with van der Waals surface area (Å²) in [7, 11) is 0. The lowest BCUT2D eigenvalue weighted by molar-refractivity contribution is -0.139. The molecule has 2 aromatic carbocycles. The van der Waals surface area contributed by atoms with Gasteiger partial charge in [-0.1, -0.05) is 42.5 Å². The van der Waals surface area contributed by atoms with Crippen LogP contribution < -0.4 is 10.9 Å². The van der Waals surface area contributed by atoms with Gasteiger partial charge in [-0.2, -0.15) is 0 Å². The van der Waals surface area contributed by atoms with Crippen molar-refractivity contribution in [1.29, 1.82) is 0 Å². The Hall–Kier alpha value is -2.60. The van der Waals surface area contributed by atoms with Crippen molar-refractivity contribution in [3.05, 3.63) is 48.0 Å². The van der Waals surface area contributed by atoms with Gasteiger partial charge < -0.3 is 9.84 Å². The van der Waals surface area contributed by atoms with Crippen molar-refractivity contribution in [3.8, 4) is 0 Å². The Morgan fingerprint density at radius 3 is 2.42 bits per heavy atom. The van der Waals surface area contributed by atoms with E-state index >= 15 is 0 Å². The number of fused-ring (bicyclic) bond motifs is 1. The van der Waals surface area contributed by atoms with Gasteiger partial charge >= 0.3 is 12.1 Å². The highest BCUT2D eigenvalue weighted by molar-refractivity contribution is 5.83. The van der Waals surface area contributed by atoms with Crippen LogP contribution >= 0.6 is 0 Å². The maximum Gasteiger partial charge on any atom is 0.422 e. The van der Waals surface area contributed by atoms with Crippen molar-refractivity contribution in [2.75, 3.05) is 0 Å². The lowest BCUT2D eigenvalue weighted by Gasteiger charge is -2.21. The third-order valence-electron chi connectivity index (χ3n) is 3.30. The lowest BCUT2D eigenvalue weighted by Crippen LogP contribution is -2.50. The molecule has 0 aliphatic carbocycles. The highest BCUT2D eigenvalue weighted by Gasteiger charge is 2.21. The number of benzene rings is 2. The minimum Gasteiger partial charge on any atom is -0.480 e. The van der Waals surface area contributed by atoms with Gasteiger partial charge in [0.2, 0.25) is 0 Å². The van der Waals surface area contributed by atoms with E-state index in [1.807, 2.05) is 42.5 Å². The van der Waals surface area contributed by atoms with Crippen molar-refractivity contribution in [1.82, 2.24) is 10.9 Å². The average molecular weight is 330 g/mol. The first-order chi connectivity index (χ1) is 11.2. The molecule has 0 saturated heterocycles. The SMILES string of the molecule is CC(C)(C)OC(=O)NN[C@@H](Cc1ccc2ccccc2c1)C(=O)O. The number of ether oxygens (including phenoxy) is 1. The largest absolute Gasteiger partial charge is 0.480 e. The summed E-state index contributed by atoms with van der Waals surface area (Å²) in [6, 6.07) is 12.7. The van der Waals surface area contributed by atoms with Gasteiger partial charge in [0.1, 0.15) is 11.6 Å². The number of carboxylic acid groups (broad SMARTS) is 1. The van der Waals surface area contributed by atoms with Crippen molar-refractivity contribution in [2.24, 2.45) is 0 Å². The summed E-state index contributed by atoms with van der Waals surface area (Å²) in [5.41, 5.74) is 5.01.